The zero-order valence-electron chi connectivity index (χ0n) is 35.4. The number of hydrogen-bond acceptors (Lipinski definition) is 8. The molecule has 0 spiro atoms. The third-order valence-corrected chi connectivity index (χ3v) is 9.95. The molecule has 0 unspecified atom stereocenters. The van der Waals surface area contributed by atoms with Crippen molar-refractivity contribution in [1.29, 1.82) is 0 Å². The number of aliphatic imine (C=N–C) groups is 2. The molecular weight excluding hydrogens is 749 g/mol. The van der Waals surface area contributed by atoms with Crippen LogP contribution in [0, 0.1) is 0 Å². The van der Waals surface area contributed by atoms with Gasteiger partial charge in [-0.15, -0.1) is 0 Å². The van der Waals surface area contributed by atoms with Crippen LogP contribution >= 0.6 is 0 Å². The molecule has 314 valence electrons. The first kappa shape index (κ1) is 45.1. The van der Waals surface area contributed by atoms with Gasteiger partial charge in [0.2, 0.25) is 0 Å². The molecule has 0 aliphatic rings. The van der Waals surface area contributed by atoms with E-state index in [1.165, 1.54) is 77.0 Å². The van der Waals surface area contributed by atoms with Crippen molar-refractivity contribution >= 4 is 35.7 Å². The maximum absolute atomic E-state index is 12.7. The van der Waals surface area contributed by atoms with Gasteiger partial charge in [0, 0.05) is 12.4 Å². The highest BCUT2D eigenvalue weighted by Crippen LogP contribution is 2.23. The van der Waals surface area contributed by atoms with Gasteiger partial charge in [-0.3, -0.25) is 9.98 Å². The monoisotopic (exact) mass is 808 g/mol. The summed E-state index contributed by atoms with van der Waals surface area (Å²) in [4.78, 5) is 34.7. The SMILES string of the molecule is CCCCCCCCCOc1ccc(C(=O)Oc2ccc(C=Nc3cccc(N=Cc4ccc(OC(=O)c5ccc(OCCCCCCCCC)cc5)cc4)c3)cc2)cc1. The number of hydrogen-bond donors (Lipinski definition) is 0. The highest BCUT2D eigenvalue weighted by atomic mass is 16.5. The predicted octanol–water partition coefficient (Wildman–Crippen LogP) is 13.9. The van der Waals surface area contributed by atoms with Gasteiger partial charge in [-0.2, -0.15) is 0 Å². The van der Waals surface area contributed by atoms with Gasteiger partial charge < -0.3 is 18.9 Å². The fourth-order valence-corrected chi connectivity index (χ4v) is 6.40. The fourth-order valence-electron chi connectivity index (χ4n) is 6.40. The second-order valence-electron chi connectivity index (χ2n) is 14.9. The highest BCUT2D eigenvalue weighted by molar-refractivity contribution is 5.92. The van der Waals surface area contributed by atoms with Crippen molar-refractivity contribution in [3.8, 4) is 23.0 Å². The minimum absolute atomic E-state index is 0.427. The van der Waals surface area contributed by atoms with Crippen molar-refractivity contribution < 1.29 is 28.5 Å². The lowest BCUT2D eigenvalue weighted by Gasteiger charge is -2.08. The van der Waals surface area contributed by atoms with Crippen LogP contribution in [0.1, 0.15) is 136 Å². The van der Waals surface area contributed by atoms with Gasteiger partial charge in [-0.1, -0.05) is 97.0 Å². The third-order valence-electron chi connectivity index (χ3n) is 9.95. The maximum atomic E-state index is 12.7. The average molecular weight is 809 g/mol. The molecule has 5 aromatic carbocycles. The lowest BCUT2D eigenvalue weighted by Crippen LogP contribution is -2.08. The van der Waals surface area contributed by atoms with Crippen LogP contribution in [-0.4, -0.2) is 37.6 Å². The minimum Gasteiger partial charge on any atom is -0.494 e. The van der Waals surface area contributed by atoms with E-state index in [-0.39, 0.29) is 0 Å². The van der Waals surface area contributed by atoms with Crippen LogP contribution in [0.2, 0.25) is 0 Å². The van der Waals surface area contributed by atoms with Crippen molar-refractivity contribution in [1.82, 2.24) is 0 Å². The fraction of sp³-hybridized carbons (Fsp3) is 0.346. The Morgan fingerprint density at radius 3 is 1.17 bits per heavy atom. The Hall–Kier alpha value is -6.02. The van der Waals surface area contributed by atoms with Gasteiger partial charge in [0.05, 0.1) is 35.7 Å². The molecule has 0 saturated heterocycles. The van der Waals surface area contributed by atoms with E-state index in [4.69, 9.17) is 18.9 Å². The number of nitrogens with zero attached hydrogens (tertiary/aromatic N) is 2. The maximum Gasteiger partial charge on any atom is 0.343 e. The van der Waals surface area contributed by atoms with Crippen LogP contribution in [0.4, 0.5) is 11.4 Å². The summed E-state index contributed by atoms with van der Waals surface area (Å²) in [7, 11) is 0. The zero-order chi connectivity index (χ0) is 42.0. The van der Waals surface area contributed by atoms with Crippen molar-refractivity contribution in [2.24, 2.45) is 9.98 Å². The summed E-state index contributed by atoms with van der Waals surface area (Å²) in [6.45, 7) is 5.82. The molecule has 8 nitrogen and oxygen atoms in total. The summed E-state index contributed by atoms with van der Waals surface area (Å²) in [6, 6.07) is 36.1. The van der Waals surface area contributed by atoms with Crippen LogP contribution < -0.4 is 18.9 Å². The van der Waals surface area contributed by atoms with E-state index in [9.17, 15) is 9.59 Å². The van der Waals surface area contributed by atoms with Crippen molar-refractivity contribution in [3.63, 3.8) is 0 Å². The number of ether oxygens (including phenoxy) is 4. The van der Waals surface area contributed by atoms with Crippen LogP contribution in [0.3, 0.4) is 0 Å². The molecule has 0 heterocycles. The molecule has 0 radical (unpaired) electrons. The molecule has 8 heteroatoms. The molecule has 0 fully saturated rings. The quantitative estimate of drug-likeness (QED) is 0.0239. The second-order valence-corrected chi connectivity index (χ2v) is 14.9. The number of rotatable bonds is 26. The molecule has 0 atom stereocenters. The van der Waals surface area contributed by atoms with Gasteiger partial charge >= 0.3 is 11.9 Å². The molecule has 5 rings (SSSR count). The molecule has 0 N–H and O–H groups in total. The Kier molecular flexibility index (Phi) is 19.6. The molecule has 60 heavy (non-hydrogen) atoms. The first-order valence-electron chi connectivity index (χ1n) is 21.8. The summed E-state index contributed by atoms with van der Waals surface area (Å²) in [5.74, 6) is 1.55. The Morgan fingerprint density at radius 1 is 0.433 bits per heavy atom. The molecule has 5 aromatic rings. The second kappa shape index (κ2) is 26.2. The first-order chi connectivity index (χ1) is 29.5. The van der Waals surface area contributed by atoms with E-state index in [1.54, 1.807) is 61.0 Å². The van der Waals surface area contributed by atoms with Crippen molar-refractivity contribution in [3.05, 3.63) is 144 Å². The zero-order valence-corrected chi connectivity index (χ0v) is 35.4. The van der Waals surface area contributed by atoms with Crippen LogP contribution in [-0.2, 0) is 0 Å². The van der Waals surface area contributed by atoms with E-state index < -0.39 is 11.9 Å². The van der Waals surface area contributed by atoms with Gasteiger partial charge in [-0.05, 0) is 139 Å². The van der Waals surface area contributed by atoms with Crippen LogP contribution in [0.5, 0.6) is 23.0 Å². The number of carbonyl (C=O) groups excluding carboxylic acids is 2. The molecular formula is C52H60N2O6. The van der Waals surface area contributed by atoms with Gasteiger partial charge in [0.1, 0.15) is 23.0 Å². The van der Waals surface area contributed by atoms with E-state index in [0.717, 1.165) is 46.8 Å². The summed E-state index contributed by atoms with van der Waals surface area (Å²) >= 11 is 0. The van der Waals surface area contributed by atoms with E-state index in [2.05, 4.69) is 23.8 Å². The lowest BCUT2D eigenvalue weighted by molar-refractivity contribution is 0.0725. The van der Waals surface area contributed by atoms with Crippen LogP contribution in [0.25, 0.3) is 0 Å². The number of esters is 2. The summed E-state index contributed by atoms with van der Waals surface area (Å²) in [5, 5.41) is 0. The van der Waals surface area contributed by atoms with Gasteiger partial charge in [0.15, 0.2) is 0 Å². The van der Waals surface area contributed by atoms with Crippen LogP contribution in [0.15, 0.2) is 131 Å². The molecule has 0 saturated carbocycles. The van der Waals surface area contributed by atoms with Crippen molar-refractivity contribution in [2.75, 3.05) is 13.2 Å². The number of benzene rings is 5. The summed E-state index contributed by atoms with van der Waals surface area (Å²) in [5.41, 5.74) is 4.11. The first-order valence-corrected chi connectivity index (χ1v) is 21.8. The molecule has 0 aliphatic heterocycles. The Morgan fingerprint density at radius 2 is 0.783 bits per heavy atom. The minimum atomic E-state index is -0.427. The standard InChI is InChI=1S/C52H60N2O6/c1-3-5-7-9-11-13-15-36-57-47-32-24-43(25-33-47)51(55)59-49-28-20-41(21-29-49)39-53-45-18-17-19-46(38-45)54-40-42-22-30-50(31-23-42)60-52(56)44-26-34-48(35-27-44)58-37-16-14-12-10-8-6-4-2/h17-35,38-40H,3-16,36-37H2,1-2H3. The summed E-state index contributed by atoms with van der Waals surface area (Å²) < 4.78 is 22.9. The lowest BCUT2D eigenvalue weighted by atomic mass is 10.1. The Labute approximate surface area is 356 Å². The van der Waals surface area contributed by atoms with Gasteiger partial charge in [0.25, 0.3) is 0 Å². The molecule has 0 amide bonds. The molecule has 0 bridgehead atoms. The normalized spacial score (nSPS) is 11.2. The van der Waals surface area contributed by atoms with E-state index >= 15 is 0 Å². The van der Waals surface area contributed by atoms with Gasteiger partial charge in [-0.25, -0.2) is 9.59 Å². The highest BCUT2D eigenvalue weighted by Gasteiger charge is 2.11. The van der Waals surface area contributed by atoms with E-state index in [0.29, 0.717) is 35.8 Å². The van der Waals surface area contributed by atoms with E-state index in [1.807, 2.05) is 72.8 Å². The number of carbonyl (C=O) groups is 2. The van der Waals surface area contributed by atoms with Crippen molar-refractivity contribution in [2.45, 2.75) is 104 Å². The third kappa shape index (κ3) is 16.7. The largest absolute Gasteiger partial charge is 0.494 e. The smallest absolute Gasteiger partial charge is 0.343 e. The summed E-state index contributed by atoms with van der Waals surface area (Å²) in [6.07, 6.45) is 20.8. The molecule has 0 aliphatic carbocycles. The topological polar surface area (TPSA) is 95.8 Å². The molecule has 0 aromatic heterocycles. The number of unbranched alkanes of at least 4 members (excludes halogenated alkanes) is 12. The average Bonchev–Trinajstić information content (AvgIpc) is 3.28. The Balaban J connectivity index is 1.02. The Bertz CT molecular complexity index is 1910. The predicted molar refractivity (Wildman–Crippen MR) is 244 cm³/mol.